The van der Waals surface area contributed by atoms with Gasteiger partial charge in [-0.2, -0.15) is 5.10 Å². The highest BCUT2D eigenvalue weighted by atomic mass is 16.5. The fourth-order valence-electron chi connectivity index (χ4n) is 3.25. The van der Waals surface area contributed by atoms with Gasteiger partial charge in [0.1, 0.15) is 0 Å². The van der Waals surface area contributed by atoms with Crippen LogP contribution in [0.4, 0.5) is 0 Å². The molecule has 0 spiro atoms. The average Bonchev–Trinajstić information content (AvgIpc) is 3.20. The molecule has 0 N–H and O–H groups in total. The fraction of sp³-hybridized carbons (Fsp3) is 0.526. The van der Waals surface area contributed by atoms with Crippen molar-refractivity contribution in [3.63, 3.8) is 0 Å². The third-order valence-corrected chi connectivity index (χ3v) is 4.54. The molecule has 23 heavy (non-hydrogen) atoms. The molecule has 1 saturated heterocycles. The summed E-state index contributed by atoms with van der Waals surface area (Å²) in [6.45, 7) is 5.12. The van der Waals surface area contributed by atoms with E-state index in [0.29, 0.717) is 6.10 Å². The van der Waals surface area contributed by atoms with Gasteiger partial charge in [0.25, 0.3) is 0 Å². The molecule has 3 rings (SSSR count). The van der Waals surface area contributed by atoms with Gasteiger partial charge in [-0.05, 0) is 57.8 Å². The van der Waals surface area contributed by atoms with E-state index in [0.717, 1.165) is 25.4 Å². The van der Waals surface area contributed by atoms with Gasteiger partial charge in [-0.3, -0.25) is 0 Å². The van der Waals surface area contributed by atoms with Gasteiger partial charge in [0.15, 0.2) is 0 Å². The lowest BCUT2D eigenvalue weighted by atomic mass is 10.1. The normalized spacial score (nSPS) is 18.0. The summed E-state index contributed by atoms with van der Waals surface area (Å²) in [7, 11) is 2.18. The minimum absolute atomic E-state index is 0.507. The highest BCUT2D eigenvalue weighted by Crippen LogP contribution is 2.17. The van der Waals surface area contributed by atoms with Gasteiger partial charge < -0.3 is 9.64 Å². The Kier molecular flexibility index (Phi) is 5.47. The predicted octanol–water partition coefficient (Wildman–Crippen LogP) is 3.57. The molecule has 4 nitrogen and oxygen atoms in total. The maximum Gasteiger partial charge on any atom is 0.0674 e. The van der Waals surface area contributed by atoms with E-state index in [1.165, 1.54) is 36.8 Å². The largest absolute Gasteiger partial charge is 0.378 e. The second-order valence-corrected chi connectivity index (χ2v) is 6.59. The summed E-state index contributed by atoms with van der Waals surface area (Å²) in [4.78, 5) is 2.37. The maximum atomic E-state index is 5.68. The lowest BCUT2D eigenvalue weighted by Gasteiger charge is -2.16. The molecule has 0 amide bonds. The Hall–Kier alpha value is -1.65. The highest BCUT2D eigenvalue weighted by molar-refractivity contribution is 5.39. The van der Waals surface area contributed by atoms with Gasteiger partial charge in [0.2, 0.25) is 0 Å². The number of hydrogen-bond acceptors (Lipinski definition) is 3. The zero-order valence-corrected chi connectivity index (χ0v) is 14.2. The monoisotopic (exact) mass is 313 g/mol. The SMILES string of the molecule is Cc1ccccc1-n1cc(CN(C)CCC[C@H]2CCCO2)cn1. The van der Waals surface area contributed by atoms with Crippen LogP contribution in [0.2, 0.25) is 0 Å². The molecule has 124 valence electrons. The molecule has 0 bridgehead atoms. The second kappa shape index (κ2) is 7.75. The van der Waals surface area contributed by atoms with E-state index in [2.05, 4.69) is 54.4 Å². The van der Waals surface area contributed by atoms with Crippen molar-refractivity contribution in [3.05, 3.63) is 47.8 Å². The molecule has 1 fully saturated rings. The summed E-state index contributed by atoms with van der Waals surface area (Å²) < 4.78 is 7.66. The van der Waals surface area contributed by atoms with Crippen molar-refractivity contribution < 1.29 is 4.74 Å². The fourth-order valence-corrected chi connectivity index (χ4v) is 3.25. The van der Waals surface area contributed by atoms with Crippen LogP contribution in [0.25, 0.3) is 5.69 Å². The van der Waals surface area contributed by atoms with E-state index in [9.17, 15) is 0 Å². The van der Waals surface area contributed by atoms with Crippen LogP contribution in [-0.2, 0) is 11.3 Å². The first-order valence-corrected chi connectivity index (χ1v) is 8.62. The zero-order chi connectivity index (χ0) is 16.1. The molecule has 0 saturated carbocycles. The van der Waals surface area contributed by atoms with Crippen LogP contribution >= 0.6 is 0 Å². The first kappa shape index (κ1) is 16.2. The molecule has 1 aliphatic rings. The average molecular weight is 313 g/mol. The molecule has 1 aliphatic heterocycles. The van der Waals surface area contributed by atoms with E-state index in [4.69, 9.17) is 4.74 Å². The number of ether oxygens (including phenoxy) is 1. The Morgan fingerprint density at radius 2 is 2.22 bits per heavy atom. The van der Waals surface area contributed by atoms with Crippen LogP contribution in [0, 0.1) is 6.92 Å². The molecule has 0 radical (unpaired) electrons. The number of rotatable bonds is 7. The molecule has 0 unspecified atom stereocenters. The first-order chi connectivity index (χ1) is 11.2. The predicted molar refractivity (Wildman–Crippen MR) is 92.8 cm³/mol. The number of hydrogen-bond donors (Lipinski definition) is 0. The van der Waals surface area contributed by atoms with Crippen molar-refractivity contribution in [2.45, 2.75) is 45.3 Å². The maximum absolute atomic E-state index is 5.68. The van der Waals surface area contributed by atoms with E-state index in [1.54, 1.807) is 0 Å². The first-order valence-electron chi connectivity index (χ1n) is 8.62. The molecule has 2 aromatic rings. The zero-order valence-electron chi connectivity index (χ0n) is 14.2. The summed E-state index contributed by atoms with van der Waals surface area (Å²) in [5, 5.41) is 4.51. The van der Waals surface area contributed by atoms with Crippen molar-refractivity contribution in [1.29, 1.82) is 0 Å². The van der Waals surface area contributed by atoms with Crippen LogP contribution in [0.5, 0.6) is 0 Å². The third-order valence-electron chi connectivity index (χ3n) is 4.54. The molecule has 1 aromatic heterocycles. The van der Waals surface area contributed by atoms with Crippen LogP contribution in [0.1, 0.15) is 36.8 Å². The number of benzene rings is 1. The van der Waals surface area contributed by atoms with E-state index >= 15 is 0 Å². The minimum Gasteiger partial charge on any atom is -0.378 e. The molecule has 1 atom stereocenters. The minimum atomic E-state index is 0.507. The molecular formula is C19H27N3O. The Bertz CT molecular complexity index is 617. The lowest BCUT2D eigenvalue weighted by Crippen LogP contribution is -2.20. The molecule has 1 aromatic carbocycles. The van der Waals surface area contributed by atoms with Crippen LogP contribution in [-0.4, -0.2) is 41.0 Å². The van der Waals surface area contributed by atoms with Crippen LogP contribution in [0.15, 0.2) is 36.7 Å². The number of aryl methyl sites for hydroxylation is 1. The van der Waals surface area contributed by atoms with Crippen molar-refractivity contribution in [1.82, 2.24) is 14.7 Å². The van der Waals surface area contributed by atoms with Gasteiger partial charge in [0.05, 0.1) is 18.0 Å². The number of para-hydroxylation sites is 1. The molecule has 4 heteroatoms. The number of nitrogens with zero attached hydrogens (tertiary/aromatic N) is 3. The Morgan fingerprint density at radius 1 is 1.35 bits per heavy atom. The molecule has 0 aliphatic carbocycles. The quantitative estimate of drug-likeness (QED) is 0.783. The van der Waals surface area contributed by atoms with Crippen molar-refractivity contribution >= 4 is 0 Å². The Balaban J connectivity index is 1.49. The highest BCUT2D eigenvalue weighted by Gasteiger charge is 2.15. The number of aromatic nitrogens is 2. The topological polar surface area (TPSA) is 30.3 Å². The van der Waals surface area contributed by atoms with E-state index < -0.39 is 0 Å². The summed E-state index contributed by atoms with van der Waals surface area (Å²) in [6, 6.07) is 8.34. The van der Waals surface area contributed by atoms with Gasteiger partial charge in [-0.25, -0.2) is 4.68 Å². The standard InChI is InChI=1S/C19H27N3O/c1-16-7-3-4-10-19(16)22-15-17(13-20-22)14-21(2)11-5-8-18-9-6-12-23-18/h3-4,7,10,13,15,18H,5-6,8-9,11-12,14H2,1-2H3/t18-/m0/s1. The summed E-state index contributed by atoms with van der Waals surface area (Å²) >= 11 is 0. The van der Waals surface area contributed by atoms with Crippen molar-refractivity contribution in [2.75, 3.05) is 20.2 Å². The van der Waals surface area contributed by atoms with Crippen molar-refractivity contribution in [3.8, 4) is 5.69 Å². The molecule has 2 heterocycles. The summed E-state index contributed by atoms with van der Waals surface area (Å²) in [5.41, 5.74) is 3.65. The van der Waals surface area contributed by atoms with Gasteiger partial charge in [0, 0.05) is 24.9 Å². The van der Waals surface area contributed by atoms with Crippen molar-refractivity contribution in [2.24, 2.45) is 0 Å². The van der Waals surface area contributed by atoms with Gasteiger partial charge in [-0.15, -0.1) is 0 Å². The lowest BCUT2D eigenvalue weighted by molar-refractivity contribution is 0.0995. The second-order valence-electron chi connectivity index (χ2n) is 6.59. The summed E-state index contributed by atoms with van der Waals surface area (Å²) in [5.74, 6) is 0. The summed E-state index contributed by atoms with van der Waals surface area (Å²) in [6.07, 6.45) is 9.49. The van der Waals surface area contributed by atoms with Crippen LogP contribution < -0.4 is 0 Å². The van der Waals surface area contributed by atoms with Gasteiger partial charge in [-0.1, -0.05) is 18.2 Å². The van der Waals surface area contributed by atoms with Crippen LogP contribution in [0.3, 0.4) is 0 Å². The third kappa shape index (κ3) is 4.43. The Morgan fingerprint density at radius 3 is 3.00 bits per heavy atom. The van der Waals surface area contributed by atoms with E-state index in [-0.39, 0.29) is 0 Å². The van der Waals surface area contributed by atoms with E-state index in [1.807, 2.05) is 10.9 Å². The smallest absolute Gasteiger partial charge is 0.0674 e. The van der Waals surface area contributed by atoms with Gasteiger partial charge >= 0.3 is 0 Å². The molecular weight excluding hydrogens is 286 g/mol. The Labute approximate surface area is 139 Å².